The Bertz CT molecular complexity index is 328. The number of hydrogen-bond acceptors (Lipinski definition) is 4. The summed E-state index contributed by atoms with van der Waals surface area (Å²) in [6, 6.07) is 1.55. The molecule has 0 atom stereocenters. The molecule has 4 nitrogen and oxygen atoms in total. The molecule has 1 aromatic rings. The van der Waals surface area contributed by atoms with Gasteiger partial charge in [0, 0.05) is 6.07 Å². The number of rotatable bonds is 3. The summed E-state index contributed by atoms with van der Waals surface area (Å²) in [7, 11) is 3.01. The van der Waals surface area contributed by atoms with E-state index in [0.29, 0.717) is 17.2 Å². The largest absolute Gasteiger partial charge is 0.495 e. The third-order valence-corrected chi connectivity index (χ3v) is 1.64. The van der Waals surface area contributed by atoms with E-state index >= 15 is 0 Å². The highest BCUT2D eigenvalue weighted by Gasteiger charge is 2.10. The zero-order valence-corrected chi connectivity index (χ0v) is 8.13. The summed E-state index contributed by atoms with van der Waals surface area (Å²) >= 11 is 5.62. The zero-order chi connectivity index (χ0) is 9.84. The average Bonchev–Trinajstić information content (AvgIpc) is 2.16. The average molecular weight is 201 g/mol. The number of hydrogen-bond donors (Lipinski definition) is 0. The molecule has 13 heavy (non-hydrogen) atoms. The zero-order valence-electron chi connectivity index (χ0n) is 7.37. The first-order valence-corrected chi connectivity index (χ1v) is 3.87. The highest BCUT2D eigenvalue weighted by molar-refractivity contribution is 6.29. The molecule has 0 radical (unpaired) electrons. The summed E-state index contributed by atoms with van der Waals surface area (Å²) in [4.78, 5) is 0. The normalized spacial score (nSPS) is 9.46. The Balaban J connectivity index is 3.13. The molecule has 0 saturated carbocycles. The second-order valence-corrected chi connectivity index (χ2v) is 2.60. The van der Waals surface area contributed by atoms with Crippen LogP contribution in [0.4, 0.5) is 0 Å². The minimum Gasteiger partial charge on any atom is -0.495 e. The Morgan fingerprint density at radius 2 is 2.15 bits per heavy atom. The van der Waals surface area contributed by atoms with Crippen molar-refractivity contribution in [3.63, 3.8) is 0 Å². The van der Waals surface area contributed by atoms with E-state index in [-0.39, 0.29) is 5.15 Å². The Morgan fingerprint density at radius 1 is 1.46 bits per heavy atom. The number of aromatic nitrogens is 2. The van der Waals surface area contributed by atoms with E-state index in [4.69, 9.17) is 21.1 Å². The van der Waals surface area contributed by atoms with Crippen LogP contribution in [0.3, 0.4) is 0 Å². The second kappa shape index (κ2) is 4.09. The van der Waals surface area contributed by atoms with Crippen molar-refractivity contribution in [3.8, 4) is 5.75 Å². The first kappa shape index (κ1) is 9.80. The molecule has 5 heteroatoms. The summed E-state index contributed by atoms with van der Waals surface area (Å²) < 4.78 is 9.92. The van der Waals surface area contributed by atoms with Gasteiger partial charge in [-0.2, -0.15) is 0 Å². The minimum atomic E-state index is 0.268. The number of halogens is 1. The number of methoxy groups -OCH3 is 2. The van der Waals surface area contributed by atoms with E-state index in [1.807, 2.05) is 0 Å². The van der Waals surface area contributed by atoms with Gasteiger partial charge < -0.3 is 9.47 Å². The molecule has 1 heterocycles. The van der Waals surface area contributed by atoms with Crippen molar-refractivity contribution in [1.29, 1.82) is 0 Å². The van der Waals surface area contributed by atoms with E-state index in [1.165, 1.54) is 14.2 Å². The van der Waals surface area contributed by atoms with Crippen LogP contribution in [0.15, 0.2) is 12.6 Å². The minimum absolute atomic E-state index is 0.268. The van der Waals surface area contributed by atoms with Crippen molar-refractivity contribution in [3.05, 3.63) is 23.5 Å². The second-order valence-electron chi connectivity index (χ2n) is 2.21. The fourth-order valence-electron chi connectivity index (χ4n) is 0.798. The number of nitrogens with zero attached hydrogens (tertiary/aromatic N) is 2. The Morgan fingerprint density at radius 3 is 2.69 bits per heavy atom. The lowest BCUT2D eigenvalue weighted by atomic mass is 10.3. The summed E-state index contributed by atoms with van der Waals surface area (Å²) in [5.74, 6) is 0.882. The first-order chi connectivity index (χ1) is 6.19. The van der Waals surface area contributed by atoms with Gasteiger partial charge in [0.15, 0.2) is 16.6 Å². The molecule has 0 saturated heterocycles. The van der Waals surface area contributed by atoms with Crippen LogP contribution in [-0.4, -0.2) is 24.4 Å². The van der Waals surface area contributed by atoms with Crippen molar-refractivity contribution in [2.75, 3.05) is 14.2 Å². The molecule has 0 aliphatic carbocycles. The van der Waals surface area contributed by atoms with Gasteiger partial charge in [-0.25, -0.2) is 0 Å². The molecule has 0 aliphatic rings. The molecular weight excluding hydrogens is 192 g/mol. The quantitative estimate of drug-likeness (QED) is 0.698. The van der Waals surface area contributed by atoms with E-state index in [1.54, 1.807) is 6.07 Å². The van der Waals surface area contributed by atoms with E-state index in [2.05, 4.69) is 16.8 Å². The molecule has 0 spiro atoms. The molecule has 0 amide bonds. The van der Waals surface area contributed by atoms with Crippen LogP contribution in [-0.2, 0) is 4.74 Å². The SMILES string of the molecule is C=C(OC)c1nnc(Cl)cc1OC. The first-order valence-electron chi connectivity index (χ1n) is 3.49. The van der Waals surface area contributed by atoms with Crippen molar-refractivity contribution < 1.29 is 9.47 Å². The topological polar surface area (TPSA) is 44.2 Å². The summed E-state index contributed by atoms with van der Waals surface area (Å²) in [6.45, 7) is 3.63. The highest BCUT2D eigenvalue weighted by Crippen LogP contribution is 2.24. The Kier molecular flexibility index (Phi) is 3.08. The summed E-state index contributed by atoms with van der Waals surface area (Å²) in [6.07, 6.45) is 0. The fourth-order valence-corrected chi connectivity index (χ4v) is 0.935. The van der Waals surface area contributed by atoms with Gasteiger partial charge in [-0.1, -0.05) is 18.2 Å². The number of ether oxygens (including phenoxy) is 2. The van der Waals surface area contributed by atoms with Gasteiger partial charge in [-0.15, -0.1) is 10.2 Å². The van der Waals surface area contributed by atoms with E-state index in [9.17, 15) is 0 Å². The molecule has 0 fully saturated rings. The van der Waals surface area contributed by atoms with Gasteiger partial charge in [-0.3, -0.25) is 0 Å². The molecule has 1 aromatic heterocycles. The maximum atomic E-state index is 5.62. The highest BCUT2D eigenvalue weighted by atomic mass is 35.5. The lowest BCUT2D eigenvalue weighted by molar-refractivity contribution is 0.359. The molecule has 0 unspecified atom stereocenters. The van der Waals surface area contributed by atoms with Gasteiger partial charge in [0.05, 0.1) is 14.2 Å². The third-order valence-electron chi connectivity index (χ3n) is 1.46. The van der Waals surface area contributed by atoms with Gasteiger partial charge in [0.2, 0.25) is 0 Å². The van der Waals surface area contributed by atoms with Crippen LogP contribution in [0.5, 0.6) is 5.75 Å². The van der Waals surface area contributed by atoms with Crippen molar-refractivity contribution in [2.24, 2.45) is 0 Å². The predicted octanol–water partition coefficient (Wildman–Crippen LogP) is 1.76. The monoisotopic (exact) mass is 200 g/mol. The van der Waals surface area contributed by atoms with Crippen molar-refractivity contribution in [2.45, 2.75) is 0 Å². The van der Waals surface area contributed by atoms with Crippen LogP contribution in [0.2, 0.25) is 5.15 Å². The lowest BCUT2D eigenvalue weighted by Crippen LogP contribution is -1.98. The van der Waals surface area contributed by atoms with Crippen LogP contribution < -0.4 is 4.74 Å². The molecule has 1 rings (SSSR count). The molecule has 0 bridgehead atoms. The van der Waals surface area contributed by atoms with Crippen molar-refractivity contribution in [1.82, 2.24) is 10.2 Å². The maximum absolute atomic E-state index is 5.62. The smallest absolute Gasteiger partial charge is 0.169 e. The van der Waals surface area contributed by atoms with Gasteiger partial charge >= 0.3 is 0 Å². The molecular formula is C8H9ClN2O2. The molecule has 0 aromatic carbocycles. The third kappa shape index (κ3) is 2.09. The van der Waals surface area contributed by atoms with Crippen LogP contribution in [0.1, 0.15) is 5.69 Å². The van der Waals surface area contributed by atoms with Gasteiger partial charge in [0.25, 0.3) is 0 Å². The van der Waals surface area contributed by atoms with E-state index in [0.717, 1.165) is 0 Å². The molecule has 0 aliphatic heterocycles. The molecule has 0 N–H and O–H groups in total. The lowest BCUT2D eigenvalue weighted by Gasteiger charge is -2.07. The molecule has 70 valence electrons. The van der Waals surface area contributed by atoms with Crippen molar-refractivity contribution >= 4 is 17.4 Å². The predicted molar refractivity (Wildman–Crippen MR) is 49.6 cm³/mol. The van der Waals surface area contributed by atoms with Crippen LogP contribution in [0, 0.1) is 0 Å². The Labute approximate surface area is 81.1 Å². The Hall–Kier alpha value is -1.29. The van der Waals surface area contributed by atoms with Crippen LogP contribution in [0.25, 0.3) is 5.76 Å². The fraction of sp³-hybridized carbons (Fsp3) is 0.250. The standard InChI is InChI=1S/C8H9ClN2O2/c1-5(12-2)8-6(13-3)4-7(9)10-11-8/h4H,1H2,2-3H3. The maximum Gasteiger partial charge on any atom is 0.169 e. The summed E-state index contributed by atoms with van der Waals surface area (Å²) in [5.41, 5.74) is 0.453. The van der Waals surface area contributed by atoms with E-state index < -0.39 is 0 Å². The van der Waals surface area contributed by atoms with Crippen LogP contribution >= 0.6 is 11.6 Å². The van der Waals surface area contributed by atoms with Gasteiger partial charge in [-0.05, 0) is 0 Å². The summed E-state index contributed by atoms with van der Waals surface area (Å²) in [5, 5.41) is 7.71. The van der Waals surface area contributed by atoms with Gasteiger partial charge in [0.1, 0.15) is 5.76 Å².